The van der Waals surface area contributed by atoms with Crippen molar-refractivity contribution in [2.75, 3.05) is 25.7 Å². The molecule has 0 aromatic heterocycles. The molecule has 0 saturated carbocycles. The number of fused-ring (bicyclic) bond motifs is 2. The van der Waals surface area contributed by atoms with E-state index >= 15 is 0 Å². The lowest BCUT2D eigenvalue weighted by Crippen LogP contribution is -2.58. The predicted molar refractivity (Wildman–Crippen MR) is 154 cm³/mol. The molecule has 2 amide bonds. The molecule has 0 aliphatic carbocycles. The van der Waals surface area contributed by atoms with Crippen LogP contribution in [0.25, 0.3) is 0 Å². The molecular formula is C24H30Cl3F3N2O9SSi. The number of rotatable bonds is 7. The van der Waals surface area contributed by atoms with Gasteiger partial charge in [0.25, 0.3) is 5.91 Å². The highest BCUT2D eigenvalue weighted by Gasteiger charge is 2.54. The maximum absolute atomic E-state index is 14.0. The molecule has 0 radical (unpaired) electrons. The first kappa shape index (κ1) is 35.4. The van der Waals surface area contributed by atoms with Crippen LogP contribution in [0.15, 0.2) is 24.1 Å². The van der Waals surface area contributed by atoms with Gasteiger partial charge in [-0.2, -0.15) is 21.6 Å². The van der Waals surface area contributed by atoms with E-state index in [1.54, 1.807) is 0 Å². The third-order valence-corrected chi connectivity index (χ3v) is 12.9. The highest BCUT2D eigenvalue weighted by Crippen LogP contribution is 2.46. The van der Waals surface area contributed by atoms with Gasteiger partial charge in [0.05, 0.1) is 31.5 Å². The first-order valence-corrected chi connectivity index (χ1v) is 17.9. The largest absolute Gasteiger partial charge is 0.534 e. The zero-order valence-corrected chi connectivity index (χ0v) is 28.1. The highest BCUT2D eigenvalue weighted by atomic mass is 35.6. The summed E-state index contributed by atoms with van der Waals surface area (Å²) in [5, 5.41) is -0.479. The second kappa shape index (κ2) is 12.0. The Labute approximate surface area is 262 Å². The van der Waals surface area contributed by atoms with Crippen LogP contribution in [0, 0.1) is 0 Å². The first-order valence-electron chi connectivity index (χ1n) is 12.4. The van der Waals surface area contributed by atoms with E-state index in [0.29, 0.717) is 0 Å². The Bertz CT molecular complexity index is 1410. The number of halogens is 6. The molecule has 3 rings (SSSR count). The summed E-state index contributed by atoms with van der Waals surface area (Å²) in [5.74, 6) is -1.37. The summed E-state index contributed by atoms with van der Waals surface area (Å²) < 4.78 is 88.1. The van der Waals surface area contributed by atoms with Gasteiger partial charge in [-0.15, -0.1) is 0 Å². The Morgan fingerprint density at radius 2 is 1.63 bits per heavy atom. The molecule has 2 aliphatic rings. The molecule has 19 heteroatoms. The topological polar surface area (TPSA) is 121 Å². The van der Waals surface area contributed by atoms with Crippen molar-refractivity contribution < 1.29 is 54.0 Å². The van der Waals surface area contributed by atoms with Gasteiger partial charge in [-0.25, -0.2) is 9.69 Å². The fourth-order valence-corrected chi connectivity index (χ4v) is 5.88. The zero-order valence-electron chi connectivity index (χ0n) is 24.0. The SMILES string of the molecule is COc1cc2c(cc1OC)N(C(=O)OCC(Cl)(Cl)Cl)[C@@H](O[Si](C)(C)C(C)(C)C)[C@@H]1CC(OS(=O)(=O)C(F)(F)F)=CN1C2=O. The van der Waals surface area contributed by atoms with Gasteiger partial charge in [0, 0.05) is 18.7 Å². The van der Waals surface area contributed by atoms with Gasteiger partial charge >= 0.3 is 21.7 Å². The van der Waals surface area contributed by atoms with E-state index in [9.17, 15) is 31.2 Å². The Morgan fingerprint density at radius 1 is 1.07 bits per heavy atom. The van der Waals surface area contributed by atoms with E-state index in [2.05, 4.69) is 4.18 Å². The number of nitrogens with zero attached hydrogens (tertiary/aromatic N) is 2. The number of hydrogen-bond acceptors (Lipinski definition) is 9. The Morgan fingerprint density at radius 3 is 2.12 bits per heavy atom. The average molecular weight is 714 g/mol. The van der Waals surface area contributed by atoms with Gasteiger partial charge in [0.15, 0.2) is 26.0 Å². The Kier molecular flexibility index (Phi) is 9.87. The lowest BCUT2D eigenvalue weighted by Gasteiger charge is -2.44. The van der Waals surface area contributed by atoms with Crippen LogP contribution in [-0.2, 0) is 23.5 Å². The number of ether oxygens (including phenoxy) is 3. The number of carbonyl (C=O) groups excluding carboxylic acids is 2. The van der Waals surface area contributed by atoms with Crippen LogP contribution < -0.4 is 14.4 Å². The monoisotopic (exact) mass is 712 g/mol. The molecule has 0 unspecified atom stereocenters. The first-order chi connectivity index (χ1) is 19.4. The van der Waals surface area contributed by atoms with E-state index in [0.717, 1.165) is 16.0 Å². The number of hydrogen-bond donors (Lipinski definition) is 0. The molecule has 242 valence electrons. The van der Waals surface area contributed by atoms with E-state index in [1.165, 1.54) is 26.4 Å². The summed E-state index contributed by atoms with van der Waals surface area (Å²) >= 11 is 17.4. The van der Waals surface area contributed by atoms with Crippen LogP contribution >= 0.6 is 34.8 Å². The van der Waals surface area contributed by atoms with Gasteiger partial charge in [-0.3, -0.25) is 4.79 Å². The minimum atomic E-state index is -6.09. The van der Waals surface area contributed by atoms with Gasteiger partial charge in [-0.1, -0.05) is 55.6 Å². The summed E-state index contributed by atoms with van der Waals surface area (Å²) in [6, 6.07) is 1.28. The van der Waals surface area contributed by atoms with Crippen LogP contribution in [0.3, 0.4) is 0 Å². The van der Waals surface area contributed by atoms with Gasteiger partial charge in [0.2, 0.25) is 3.79 Å². The second-order valence-corrected chi connectivity index (χ2v) is 19.9. The van der Waals surface area contributed by atoms with E-state index in [-0.39, 0.29) is 22.7 Å². The van der Waals surface area contributed by atoms with Crippen molar-refractivity contribution in [2.24, 2.45) is 0 Å². The molecule has 0 N–H and O–H groups in total. The van der Waals surface area contributed by atoms with Gasteiger partial charge in [0.1, 0.15) is 12.4 Å². The molecule has 0 fully saturated rings. The molecule has 1 aromatic rings. The molecule has 43 heavy (non-hydrogen) atoms. The zero-order chi connectivity index (χ0) is 32.9. The summed E-state index contributed by atoms with van der Waals surface area (Å²) in [6.45, 7) is 8.62. The third kappa shape index (κ3) is 7.41. The van der Waals surface area contributed by atoms with Crippen molar-refractivity contribution in [1.82, 2.24) is 4.90 Å². The normalized spacial score (nSPS) is 19.7. The second-order valence-electron chi connectivity index (χ2n) is 11.1. The van der Waals surface area contributed by atoms with Crippen molar-refractivity contribution in [3.05, 3.63) is 29.7 Å². The molecule has 11 nitrogen and oxygen atoms in total. The van der Waals surface area contributed by atoms with Gasteiger partial charge < -0.3 is 27.7 Å². The average Bonchev–Trinajstić information content (AvgIpc) is 3.24. The Balaban J connectivity index is 2.30. The third-order valence-electron chi connectivity index (χ3n) is 7.14. The molecule has 2 aliphatic heterocycles. The molecule has 1 aromatic carbocycles. The fraction of sp³-hybridized carbons (Fsp3) is 0.583. The smallest absolute Gasteiger partial charge is 0.493 e. The summed E-state index contributed by atoms with van der Waals surface area (Å²) in [6.07, 6.45) is -2.36. The van der Waals surface area contributed by atoms with Crippen molar-refractivity contribution >= 4 is 70.9 Å². The quantitative estimate of drug-likeness (QED) is 0.139. The van der Waals surface area contributed by atoms with Crippen LogP contribution in [-0.4, -0.2) is 76.0 Å². The van der Waals surface area contributed by atoms with Crippen molar-refractivity contribution in [1.29, 1.82) is 0 Å². The van der Waals surface area contributed by atoms with E-state index < -0.39 is 75.8 Å². The Hall–Kier alpha value is -2.11. The maximum atomic E-state index is 14.0. The fourth-order valence-electron chi connectivity index (χ4n) is 4.01. The summed E-state index contributed by atoms with van der Waals surface area (Å²) in [5.41, 5.74) is -6.00. The highest BCUT2D eigenvalue weighted by molar-refractivity contribution is 7.87. The number of carbonyl (C=O) groups is 2. The minimum Gasteiger partial charge on any atom is -0.493 e. The number of methoxy groups -OCH3 is 2. The number of anilines is 1. The van der Waals surface area contributed by atoms with Crippen LogP contribution in [0.2, 0.25) is 18.1 Å². The predicted octanol–water partition coefficient (Wildman–Crippen LogP) is 6.30. The van der Waals surface area contributed by atoms with E-state index in [4.69, 9.17) is 53.4 Å². The standard InChI is InChI=1S/C24H30Cl3F3N2O9SSi/c1-22(2,3)43(6,7)41-20-16-8-13(40-42(35,36)24(28,29)30)11-31(16)19(33)14-9-17(37-4)18(38-5)10-15(14)32(20)21(34)39-12-23(25,26)27/h9-11,16,20H,8,12H2,1-7H3/t16-,20-/m0/s1. The van der Waals surface area contributed by atoms with Crippen molar-refractivity contribution in [2.45, 2.75) is 66.9 Å². The molecular weight excluding hydrogens is 684 g/mol. The maximum Gasteiger partial charge on any atom is 0.534 e. The number of amides is 2. The van der Waals surface area contributed by atoms with Crippen molar-refractivity contribution in [3.8, 4) is 11.5 Å². The van der Waals surface area contributed by atoms with Crippen LogP contribution in [0.4, 0.5) is 23.7 Å². The molecule has 2 atom stereocenters. The molecule has 0 saturated heterocycles. The molecule has 0 bridgehead atoms. The molecule has 0 spiro atoms. The number of alkyl halides is 6. The summed E-state index contributed by atoms with van der Waals surface area (Å²) in [7, 11) is -6.35. The van der Waals surface area contributed by atoms with E-state index in [1.807, 2.05) is 33.9 Å². The lowest BCUT2D eigenvalue weighted by molar-refractivity contribution is -0.0523. The lowest BCUT2D eigenvalue weighted by atomic mass is 10.1. The van der Waals surface area contributed by atoms with Crippen LogP contribution in [0.1, 0.15) is 37.6 Å². The van der Waals surface area contributed by atoms with Crippen LogP contribution in [0.5, 0.6) is 11.5 Å². The van der Waals surface area contributed by atoms with Crippen molar-refractivity contribution in [3.63, 3.8) is 0 Å². The summed E-state index contributed by atoms with van der Waals surface area (Å²) in [4.78, 5) is 29.6. The number of benzene rings is 1. The minimum absolute atomic E-state index is 0.0730. The molecule has 2 heterocycles. The van der Waals surface area contributed by atoms with Gasteiger partial charge in [-0.05, 0) is 24.2 Å².